The smallest absolute Gasteiger partial charge is 0.258 e. The van der Waals surface area contributed by atoms with Crippen LogP contribution in [-0.2, 0) is 0 Å². The molecule has 0 aliphatic carbocycles. The quantitative estimate of drug-likeness (QED) is 0.617. The number of aromatic nitrogens is 4. The van der Waals surface area contributed by atoms with Crippen LogP contribution in [0.4, 0.5) is 0 Å². The fourth-order valence-corrected chi connectivity index (χ4v) is 2.43. The van der Waals surface area contributed by atoms with Gasteiger partial charge in [-0.2, -0.15) is 0 Å². The third kappa shape index (κ3) is 2.09. The number of aromatic amines is 1. The van der Waals surface area contributed by atoms with Crippen molar-refractivity contribution in [2.24, 2.45) is 0 Å². The van der Waals surface area contributed by atoms with E-state index >= 15 is 0 Å². The van der Waals surface area contributed by atoms with Gasteiger partial charge in [-0.1, -0.05) is 41.6 Å². The van der Waals surface area contributed by atoms with Gasteiger partial charge in [0.1, 0.15) is 5.69 Å². The maximum Gasteiger partial charge on any atom is 0.258 e. The minimum Gasteiger partial charge on any atom is -0.321 e. The monoisotopic (exact) mass is 288 g/mol. The van der Waals surface area contributed by atoms with Gasteiger partial charge in [-0.25, -0.2) is 4.68 Å². The van der Waals surface area contributed by atoms with Crippen LogP contribution >= 0.6 is 0 Å². The molecule has 0 aliphatic rings. The van der Waals surface area contributed by atoms with Gasteiger partial charge in [-0.05, 0) is 29.7 Å². The molecule has 4 rings (SSSR count). The first-order valence-electron chi connectivity index (χ1n) is 6.91. The molecule has 2 aromatic heterocycles. The SMILES string of the molecule is O=c1[nH]c2ccccc2cc1-c1cn(-c2ccccc2)nn1. The highest BCUT2D eigenvalue weighted by Crippen LogP contribution is 2.18. The molecule has 2 aromatic carbocycles. The Morgan fingerprint density at radius 3 is 2.59 bits per heavy atom. The summed E-state index contributed by atoms with van der Waals surface area (Å²) in [4.78, 5) is 15.1. The summed E-state index contributed by atoms with van der Waals surface area (Å²) >= 11 is 0. The molecule has 22 heavy (non-hydrogen) atoms. The third-order valence-corrected chi connectivity index (χ3v) is 3.54. The Morgan fingerprint density at radius 2 is 1.73 bits per heavy atom. The van der Waals surface area contributed by atoms with E-state index in [1.807, 2.05) is 60.7 Å². The second-order valence-corrected chi connectivity index (χ2v) is 4.98. The molecular formula is C17H12N4O. The Labute approximate surface area is 125 Å². The van der Waals surface area contributed by atoms with E-state index in [-0.39, 0.29) is 5.56 Å². The number of para-hydroxylation sites is 2. The Hall–Kier alpha value is -3.21. The number of H-pyrrole nitrogens is 1. The second kappa shape index (κ2) is 4.96. The van der Waals surface area contributed by atoms with Gasteiger partial charge < -0.3 is 4.98 Å². The van der Waals surface area contributed by atoms with Crippen molar-refractivity contribution >= 4 is 10.9 Å². The maximum absolute atomic E-state index is 12.2. The van der Waals surface area contributed by atoms with Crippen molar-refractivity contribution in [1.82, 2.24) is 20.0 Å². The van der Waals surface area contributed by atoms with Gasteiger partial charge in [-0.3, -0.25) is 4.79 Å². The molecule has 0 fully saturated rings. The van der Waals surface area contributed by atoms with Crippen molar-refractivity contribution in [3.05, 3.63) is 77.2 Å². The zero-order valence-electron chi connectivity index (χ0n) is 11.6. The summed E-state index contributed by atoms with van der Waals surface area (Å²) in [6.07, 6.45) is 1.76. The average Bonchev–Trinajstić information content (AvgIpc) is 3.05. The Bertz CT molecular complexity index is 1000. The molecule has 5 nitrogen and oxygen atoms in total. The summed E-state index contributed by atoms with van der Waals surface area (Å²) in [6.45, 7) is 0. The molecule has 106 valence electrons. The first-order chi connectivity index (χ1) is 10.8. The standard InChI is InChI=1S/C17H12N4O/c22-17-14(10-12-6-4-5-9-15(12)18-17)16-11-21(20-19-16)13-7-2-1-3-8-13/h1-11H,(H,18,22). The van der Waals surface area contributed by atoms with E-state index in [0.717, 1.165) is 16.6 Å². The Balaban J connectivity index is 1.84. The molecule has 0 saturated heterocycles. The van der Waals surface area contributed by atoms with Gasteiger partial charge in [0.25, 0.3) is 5.56 Å². The fraction of sp³-hybridized carbons (Fsp3) is 0. The number of rotatable bonds is 2. The number of nitrogens with one attached hydrogen (secondary N) is 1. The maximum atomic E-state index is 12.2. The average molecular weight is 288 g/mol. The van der Waals surface area contributed by atoms with Crippen molar-refractivity contribution in [3.8, 4) is 16.9 Å². The van der Waals surface area contributed by atoms with Gasteiger partial charge >= 0.3 is 0 Å². The number of hydrogen-bond donors (Lipinski definition) is 1. The van der Waals surface area contributed by atoms with Crippen LogP contribution in [0.15, 0.2) is 71.7 Å². The normalized spacial score (nSPS) is 10.9. The molecule has 0 aliphatic heterocycles. The number of hydrogen-bond acceptors (Lipinski definition) is 3. The first-order valence-corrected chi connectivity index (χ1v) is 6.91. The molecule has 2 heterocycles. The van der Waals surface area contributed by atoms with Gasteiger partial charge in [0.15, 0.2) is 0 Å². The zero-order valence-corrected chi connectivity index (χ0v) is 11.6. The van der Waals surface area contributed by atoms with Crippen LogP contribution in [0, 0.1) is 0 Å². The van der Waals surface area contributed by atoms with Crippen LogP contribution in [0.25, 0.3) is 27.8 Å². The largest absolute Gasteiger partial charge is 0.321 e. The summed E-state index contributed by atoms with van der Waals surface area (Å²) in [7, 11) is 0. The molecule has 0 saturated carbocycles. The molecule has 0 spiro atoms. The molecule has 0 amide bonds. The van der Waals surface area contributed by atoms with Crippen LogP contribution in [0.5, 0.6) is 0 Å². The minimum atomic E-state index is -0.168. The van der Waals surface area contributed by atoms with E-state index < -0.39 is 0 Å². The fourth-order valence-electron chi connectivity index (χ4n) is 2.43. The third-order valence-electron chi connectivity index (χ3n) is 3.54. The van der Waals surface area contributed by atoms with Crippen LogP contribution in [0.1, 0.15) is 0 Å². The topological polar surface area (TPSA) is 63.6 Å². The lowest BCUT2D eigenvalue weighted by atomic mass is 10.1. The molecule has 5 heteroatoms. The summed E-state index contributed by atoms with van der Waals surface area (Å²) in [5.41, 5.74) is 2.61. The Kier molecular flexibility index (Phi) is 2.83. The highest BCUT2D eigenvalue weighted by Gasteiger charge is 2.10. The van der Waals surface area contributed by atoms with Crippen LogP contribution in [0.3, 0.4) is 0 Å². The number of fused-ring (bicyclic) bond motifs is 1. The zero-order chi connectivity index (χ0) is 14.9. The second-order valence-electron chi connectivity index (χ2n) is 4.98. The van der Waals surface area contributed by atoms with E-state index in [1.165, 1.54) is 0 Å². The minimum absolute atomic E-state index is 0.168. The summed E-state index contributed by atoms with van der Waals surface area (Å²) in [5.74, 6) is 0. The van der Waals surface area contributed by atoms with E-state index in [9.17, 15) is 4.79 Å². The van der Waals surface area contributed by atoms with E-state index in [2.05, 4.69) is 15.3 Å². The number of benzene rings is 2. The van der Waals surface area contributed by atoms with E-state index in [1.54, 1.807) is 10.9 Å². The van der Waals surface area contributed by atoms with Gasteiger partial charge in [-0.15, -0.1) is 5.10 Å². The molecule has 0 bridgehead atoms. The summed E-state index contributed by atoms with van der Waals surface area (Å²) in [5, 5.41) is 9.19. The summed E-state index contributed by atoms with van der Waals surface area (Å²) < 4.78 is 1.66. The number of pyridine rings is 1. The van der Waals surface area contributed by atoms with E-state index in [0.29, 0.717) is 11.3 Å². The van der Waals surface area contributed by atoms with Crippen molar-refractivity contribution in [2.45, 2.75) is 0 Å². The molecular weight excluding hydrogens is 276 g/mol. The molecule has 1 N–H and O–H groups in total. The molecule has 0 atom stereocenters. The van der Waals surface area contributed by atoms with Gasteiger partial charge in [0.05, 0.1) is 17.4 Å². The van der Waals surface area contributed by atoms with Crippen molar-refractivity contribution < 1.29 is 0 Å². The van der Waals surface area contributed by atoms with Crippen molar-refractivity contribution in [2.75, 3.05) is 0 Å². The lowest BCUT2D eigenvalue weighted by Crippen LogP contribution is -2.08. The summed E-state index contributed by atoms with van der Waals surface area (Å²) in [6, 6.07) is 19.2. The van der Waals surface area contributed by atoms with E-state index in [4.69, 9.17) is 0 Å². The van der Waals surface area contributed by atoms with Crippen molar-refractivity contribution in [3.63, 3.8) is 0 Å². The first kappa shape index (κ1) is 12.5. The predicted molar refractivity (Wildman–Crippen MR) is 84.9 cm³/mol. The van der Waals surface area contributed by atoms with Crippen LogP contribution in [0.2, 0.25) is 0 Å². The Morgan fingerprint density at radius 1 is 0.955 bits per heavy atom. The lowest BCUT2D eigenvalue weighted by Gasteiger charge is -2.00. The van der Waals surface area contributed by atoms with Gasteiger partial charge in [0.2, 0.25) is 0 Å². The van der Waals surface area contributed by atoms with Crippen LogP contribution < -0.4 is 5.56 Å². The predicted octanol–water partition coefficient (Wildman–Crippen LogP) is 2.78. The van der Waals surface area contributed by atoms with Crippen LogP contribution in [-0.4, -0.2) is 20.0 Å². The molecule has 4 aromatic rings. The highest BCUT2D eigenvalue weighted by molar-refractivity contribution is 5.82. The van der Waals surface area contributed by atoms with Crippen molar-refractivity contribution in [1.29, 1.82) is 0 Å². The molecule has 0 unspecified atom stereocenters. The molecule has 0 radical (unpaired) electrons. The lowest BCUT2D eigenvalue weighted by molar-refractivity contribution is 0.804. The van der Waals surface area contributed by atoms with Gasteiger partial charge in [0, 0.05) is 5.52 Å². The highest BCUT2D eigenvalue weighted by atomic mass is 16.1. The number of nitrogens with zero attached hydrogens (tertiary/aromatic N) is 3.